The molecule has 24 heavy (non-hydrogen) atoms. The number of esters is 1. The lowest BCUT2D eigenvalue weighted by Gasteiger charge is -2.40. The lowest BCUT2D eigenvalue weighted by molar-refractivity contribution is 0.00334. The lowest BCUT2D eigenvalue weighted by Crippen LogP contribution is -2.55. The summed E-state index contributed by atoms with van der Waals surface area (Å²) in [6.45, 7) is 6.20. The van der Waals surface area contributed by atoms with Gasteiger partial charge in [-0.1, -0.05) is 0 Å². The van der Waals surface area contributed by atoms with E-state index in [2.05, 4.69) is 15.1 Å². The van der Waals surface area contributed by atoms with Gasteiger partial charge in [0.15, 0.2) is 0 Å². The number of methoxy groups -OCH3 is 1. The van der Waals surface area contributed by atoms with Crippen molar-refractivity contribution in [2.24, 2.45) is 0 Å². The van der Waals surface area contributed by atoms with Crippen LogP contribution in [0.5, 0.6) is 0 Å². The molecule has 3 saturated heterocycles. The molecule has 1 aromatic heterocycles. The molecule has 2 atom stereocenters. The zero-order valence-electron chi connectivity index (χ0n) is 14.3. The van der Waals surface area contributed by atoms with Crippen LogP contribution in [0.25, 0.3) is 0 Å². The van der Waals surface area contributed by atoms with E-state index in [1.807, 2.05) is 25.8 Å². The number of ether oxygens (including phenoxy) is 2. The normalized spacial score (nSPS) is 22.8. The Bertz CT molecular complexity index is 640. The van der Waals surface area contributed by atoms with Crippen molar-refractivity contribution < 1.29 is 19.1 Å². The van der Waals surface area contributed by atoms with E-state index in [-0.39, 0.29) is 18.3 Å². The highest BCUT2D eigenvalue weighted by atomic mass is 16.6. The smallest absolute Gasteiger partial charge is 0.411 e. The number of fused-ring (bicyclic) bond motifs is 1. The van der Waals surface area contributed by atoms with Gasteiger partial charge in [-0.15, -0.1) is 0 Å². The predicted octanol–water partition coefficient (Wildman–Crippen LogP) is 1.85. The molecule has 3 aliphatic rings. The number of hydrogen-bond acceptors (Lipinski definition) is 7. The molecule has 0 spiro atoms. The van der Waals surface area contributed by atoms with Crippen molar-refractivity contribution >= 4 is 17.9 Å². The molecule has 0 saturated carbocycles. The second kappa shape index (κ2) is 5.94. The summed E-state index contributed by atoms with van der Waals surface area (Å²) in [4.78, 5) is 29.6. The molecular formula is C16H22N4O4. The summed E-state index contributed by atoms with van der Waals surface area (Å²) in [7, 11) is 1.33. The van der Waals surface area contributed by atoms with E-state index in [4.69, 9.17) is 4.74 Å². The zero-order chi connectivity index (χ0) is 17.5. The van der Waals surface area contributed by atoms with Crippen molar-refractivity contribution in [2.75, 3.05) is 19.1 Å². The number of nitrogens with one attached hydrogen (secondary N) is 1. The van der Waals surface area contributed by atoms with E-state index in [9.17, 15) is 9.59 Å². The molecule has 1 N–H and O–H groups in total. The van der Waals surface area contributed by atoms with Crippen LogP contribution in [0.4, 0.5) is 10.6 Å². The third kappa shape index (κ3) is 3.14. The van der Waals surface area contributed by atoms with E-state index >= 15 is 0 Å². The first-order valence-electron chi connectivity index (χ1n) is 7.87. The first kappa shape index (κ1) is 16.5. The molecule has 3 fully saturated rings. The van der Waals surface area contributed by atoms with Crippen LogP contribution in [-0.2, 0) is 9.47 Å². The molecule has 1 amide bonds. The second-order valence-corrected chi connectivity index (χ2v) is 6.95. The number of hydrogen-bond donors (Lipinski definition) is 1. The minimum absolute atomic E-state index is 0.0352. The minimum atomic E-state index is -0.506. The van der Waals surface area contributed by atoms with Crippen molar-refractivity contribution in [3.8, 4) is 0 Å². The summed E-state index contributed by atoms with van der Waals surface area (Å²) in [6, 6.07) is 3.60. The molecule has 0 aliphatic carbocycles. The van der Waals surface area contributed by atoms with E-state index in [0.717, 1.165) is 6.42 Å². The summed E-state index contributed by atoms with van der Waals surface area (Å²) >= 11 is 0. The Labute approximate surface area is 140 Å². The Morgan fingerprint density at radius 2 is 2.08 bits per heavy atom. The molecule has 130 valence electrons. The van der Waals surface area contributed by atoms with Gasteiger partial charge in [-0.2, -0.15) is 5.01 Å². The summed E-state index contributed by atoms with van der Waals surface area (Å²) in [5.41, 5.74) is 3.08. The zero-order valence-corrected chi connectivity index (χ0v) is 14.3. The number of pyridine rings is 1. The van der Waals surface area contributed by atoms with Gasteiger partial charge >= 0.3 is 12.1 Å². The molecule has 8 heteroatoms. The van der Waals surface area contributed by atoms with Crippen LogP contribution < -0.4 is 5.43 Å². The van der Waals surface area contributed by atoms with Crippen LogP contribution in [0.3, 0.4) is 0 Å². The Kier molecular flexibility index (Phi) is 4.08. The van der Waals surface area contributed by atoms with Crippen molar-refractivity contribution in [3.05, 3.63) is 23.9 Å². The summed E-state index contributed by atoms with van der Waals surface area (Å²) in [5.74, 6) is 0.192. The highest BCUT2D eigenvalue weighted by molar-refractivity contribution is 5.89. The van der Waals surface area contributed by atoms with E-state index < -0.39 is 11.6 Å². The maximum Gasteiger partial charge on any atom is 0.411 e. The van der Waals surface area contributed by atoms with Crippen LogP contribution in [0, 0.1) is 0 Å². The van der Waals surface area contributed by atoms with Crippen LogP contribution in [-0.4, -0.2) is 58.4 Å². The van der Waals surface area contributed by atoms with Crippen LogP contribution in [0.2, 0.25) is 0 Å². The van der Waals surface area contributed by atoms with Gasteiger partial charge in [0.1, 0.15) is 17.6 Å². The largest absolute Gasteiger partial charge is 0.465 e. The maximum atomic E-state index is 12.2. The fourth-order valence-corrected chi connectivity index (χ4v) is 2.88. The van der Waals surface area contributed by atoms with E-state index in [1.165, 1.54) is 13.3 Å². The number of anilines is 1. The minimum Gasteiger partial charge on any atom is -0.465 e. The van der Waals surface area contributed by atoms with Gasteiger partial charge in [0.2, 0.25) is 0 Å². The number of aromatic nitrogens is 1. The van der Waals surface area contributed by atoms with Gasteiger partial charge in [0.25, 0.3) is 0 Å². The van der Waals surface area contributed by atoms with Gasteiger partial charge in [0, 0.05) is 19.2 Å². The number of rotatable bonds is 3. The Balaban J connectivity index is 1.60. The van der Waals surface area contributed by atoms with Crippen molar-refractivity contribution in [3.63, 3.8) is 0 Å². The molecule has 4 heterocycles. The average Bonchev–Trinajstić information content (AvgIpc) is 3.10. The third-order valence-electron chi connectivity index (χ3n) is 4.02. The molecule has 0 aromatic carbocycles. The molecule has 2 unspecified atom stereocenters. The number of nitrogens with zero attached hydrogens (tertiary/aromatic N) is 3. The second-order valence-electron chi connectivity index (χ2n) is 6.95. The fourth-order valence-electron chi connectivity index (χ4n) is 2.88. The lowest BCUT2D eigenvalue weighted by atomic mass is 10.1. The van der Waals surface area contributed by atoms with Gasteiger partial charge < -0.3 is 14.9 Å². The quantitative estimate of drug-likeness (QED) is 0.844. The topological polar surface area (TPSA) is 84.0 Å². The monoisotopic (exact) mass is 334 g/mol. The highest BCUT2D eigenvalue weighted by Gasteiger charge is 2.53. The Hall–Kier alpha value is -2.35. The third-order valence-corrected chi connectivity index (χ3v) is 4.02. The standard InChI is InChI=1S/C16H22N4O4/c1-16(2,3)24-15(22)19-9-11-7-13(19)20(11)18-12-6-5-10(8-17-12)14(21)23-4/h5-6,8,11,13H,7,9H2,1-4H3,(H,17,18). The first-order chi connectivity index (χ1) is 11.3. The molecule has 4 rings (SSSR count). The van der Waals surface area contributed by atoms with Crippen LogP contribution in [0.15, 0.2) is 18.3 Å². The molecule has 8 nitrogen and oxygen atoms in total. The van der Waals surface area contributed by atoms with Gasteiger partial charge in [-0.3, -0.25) is 4.90 Å². The average molecular weight is 334 g/mol. The van der Waals surface area contributed by atoms with Crippen molar-refractivity contribution in [2.45, 2.75) is 45.0 Å². The summed E-state index contributed by atoms with van der Waals surface area (Å²) < 4.78 is 10.1. The van der Waals surface area contributed by atoms with Gasteiger partial charge in [-0.05, 0) is 32.9 Å². The van der Waals surface area contributed by atoms with E-state index in [0.29, 0.717) is 17.9 Å². The number of hydrazine groups is 1. The fraction of sp³-hybridized carbons (Fsp3) is 0.562. The molecule has 0 radical (unpaired) electrons. The van der Waals surface area contributed by atoms with Crippen molar-refractivity contribution in [1.82, 2.24) is 14.9 Å². The molecule has 1 aromatic rings. The molecule has 3 aliphatic heterocycles. The molecular weight excluding hydrogens is 312 g/mol. The van der Waals surface area contributed by atoms with Crippen molar-refractivity contribution in [1.29, 1.82) is 0 Å². The van der Waals surface area contributed by atoms with Gasteiger partial charge in [-0.25, -0.2) is 14.6 Å². The molecule has 2 bridgehead atoms. The van der Waals surface area contributed by atoms with Crippen LogP contribution in [0.1, 0.15) is 37.6 Å². The Morgan fingerprint density at radius 3 is 2.67 bits per heavy atom. The number of carbonyl (C=O) groups excluding carboxylic acids is 2. The maximum absolute atomic E-state index is 12.2. The van der Waals surface area contributed by atoms with Crippen LogP contribution >= 0.6 is 0 Å². The summed E-state index contributed by atoms with van der Waals surface area (Å²) in [5, 5.41) is 1.99. The summed E-state index contributed by atoms with van der Waals surface area (Å²) in [6.07, 6.45) is 2.04. The Morgan fingerprint density at radius 1 is 1.33 bits per heavy atom. The number of carbonyl (C=O) groups is 2. The highest BCUT2D eigenvalue weighted by Crippen LogP contribution is 2.37. The van der Waals surface area contributed by atoms with Gasteiger partial charge in [0.05, 0.1) is 18.7 Å². The number of amides is 1. The predicted molar refractivity (Wildman–Crippen MR) is 86.2 cm³/mol. The first-order valence-corrected chi connectivity index (χ1v) is 7.87. The SMILES string of the molecule is COC(=O)c1ccc(NN2C3CC2N(C(=O)OC(C)(C)C)C3)nc1. The van der Waals surface area contributed by atoms with E-state index in [1.54, 1.807) is 17.0 Å².